The Kier molecular flexibility index (Phi) is 6.50. The van der Waals surface area contributed by atoms with Gasteiger partial charge in [0.15, 0.2) is 0 Å². The van der Waals surface area contributed by atoms with Crippen LogP contribution < -0.4 is 5.32 Å². The maximum atomic E-state index is 12.9. The molecule has 2 aliphatic carbocycles. The van der Waals surface area contributed by atoms with Gasteiger partial charge in [-0.05, 0) is 46.9 Å². The van der Waals surface area contributed by atoms with Crippen molar-refractivity contribution in [3.8, 4) is 11.1 Å². The highest BCUT2D eigenvalue weighted by molar-refractivity contribution is 5.80. The van der Waals surface area contributed by atoms with Crippen LogP contribution in [0.4, 0.5) is 4.79 Å². The molecule has 0 spiro atoms. The first-order chi connectivity index (χ1) is 17.0. The Morgan fingerprint density at radius 2 is 1.71 bits per heavy atom. The molecule has 0 bridgehead atoms. The monoisotopic (exact) mass is 476 g/mol. The number of carboxylic acids is 1. The first-order valence-electron chi connectivity index (χ1n) is 12.6. The van der Waals surface area contributed by atoms with Crippen molar-refractivity contribution in [1.82, 2.24) is 10.2 Å². The van der Waals surface area contributed by atoms with E-state index in [1.807, 2.05) is 31.2 Å². The number of ether oxygens (including phenoxy) is 1. The number of fused-ring (bicyclic) bond motifs is 4. The summed E-state index contributed by atoms with van der Waals surface area (Å²) in [4.78, 5) is 38.7. The van der Waals surface area contributed by atoms with Crippen LogP contribution in [0.25, 0.3) is 11.1 Å². The zero-order valence-corrected chi connectivity index (χ0v) is 20.0. The third kappa shape index (κ3) is 4.64. The second-order valence-electron chi connectivity index (χ2n) is 9.98. The highest BCUT2D eigenvalue weighted by atomic mass is 16.5. The molecule has 184 valence electrons. The quantitative estimate of drug-likeness (QED) is 0.593. The molecule has 3 aliphatic rings. The normalized spacial score (nSPS) is 23.0. The summed E-state index contributed by atoms with van der Waals surface area (Å²) in [5.41, 5.74) is 4.67. The lowest BCUT2D eigenvalue weighted by atomic mass is 9.98. The fourth-order valence-electron chi connectivity index (χ4n) is 6.05. The molecule has 7 nitrogen and oxygen atoms in total. The molecule has 2 amide bonds. The van der Waals surface area contributed by atoms with E-state index in [9.17, 15) is 19.5 Å². The molecular formula is C28H32N2O5. The van der Waals surface area contributed by atoms with Gasteiger partial charge in [-0.2, -0.15) is 0 Å². The highest BCUT2D eigenvalue weighted by Gasteiger charge is 2.57. The number of carbonyl (C=O) groups is 3. The number of hydrogen-bond donors (Lipinski definition) is 2. The lowest BCUT2D eigenvalue weighted by Crippen LogP contribution is -2.43. The van der Waals surface area contributed by atoms with Crippen LogP contribution in [0.1, 0.15) is 49.7 Å². The van der Waals surface area contributed by atoms with Crippen LogP contribution in [-0.4, -0.2) is 53.7 Å². The molecule has 1 aliphatic heterocycles. The number of carbonyl (C=O) groups excluding carboxylic acids is 2. The summed E-state index contributed by atoms with van der Waals surface area (Å²) < 4.78 is 5.67. The molecule has 5 rings (SSSR count). The van der Waals surface area contributed by atoms with Gasteiger partial charge in [0.1, 0.15) is 6.61 Å². The van der Waals surface area contributed by atoms with E-state index >= 15 is 0 Å². The number of hydrogen-bond acceptors (Lipinski definition) is 4. The minimum absolute atomic E-state index is 0.0126. The molecule has 1 heterocycles. The standard InChI is InChI=1S/C28H32N2O5/c1-2-7-17(14-25(31)30-13-12-22-23(15-30)26(22)27(32)33)29-28(34)35-16-24-20-10-5-3-8-18(20)19-9-4-6-11-21(19)24/h3-6,8-11,17,22-24,26H,2,7,12-16H2,1H3,(H,29,34)(H,32,33)/t17-,22-,23+,26?/m0/s1. The third-order valence-corrected chi connectivity index (χ3v) is 7.86. The Morgan fingerprint density at radius 3 is 2.34 bits per heavy atom. The molecule has 4 atom stereocenters. The van der Waals surface area contributed by atoms with Crippen LogP contribution in [0.5, 0.6) is 0 Å². The molecule has 2 fully saturated rings. The number of nitrogens with zero attached hydrogens (tertiary/aromatic N) is 1. The van der Waals surface area contributed by atoms with Crippen molar-refractivity contribution in [2.45, 2.75) is 44.6 Å². The lowest BCUT2D eigenvalue weighted by Gasteiger charge is -2.28. The van der Waals surface area contributed by atoms with Crippen molar-refractivity contribution in [3.05, 3.63) is 59.7 Å². The lowest BCUT2D eigenvalue weighted by molar-refractivity contribution is -0.139. The number of alkyl carbamates (subject to hydrolysis) is 1. The summed E-state index contributed by atoms with van der Waals surface area (Å²) >= 11 is 0. The largest absolute Gasteiger partial charge is 0.481 e. The number of amides is 2. The maximum absolute atomic E-state index is 12.9. The van der Waals surface area contributed by atoms with Gasteiger partial charge in [0.2, 0.25) is 5.91 Å². The smallest absolute Gasteiger partial charge is 0.407 e. The summed E-state index contributed by atoms with van der Waals surface area (Å²) in [6.07, 6.45) is 1.93. The number of rotatable bonds is 8. The number of aliphatic carboxylic acids is 1. The van der Waals surface area contributed by atoms with Crippen molar-refractivity contribution >= 4 is 18.0 Å². The summed E-state index contributed by atoms with van der Waals surface area (Å²) in [6.45, 7) is 3.35. The second-order valence-corrected chi connectivity index (χ2v) is 9.98. The van der Waals surface area contributed by atoms with Gasteiger partial charge in [0.05, 0.1) is 5.92 Å². The minimum atomic E-state index is -0.755. The Balaban J connectivity index is 1.16. The Morgan fingerprint density at radius 1 is 1.06 bits per heavy atom. The van der Waals surface area contributed by atoms with E-state index < -0.39 is 12.1 Å². The van der Waals surface area contributed by atoms with Crippen molar-refractivity contribution in [1.29, 1.82) is 0 Å². The SMILES string of the molecule is CCC[C@@H](CC(=O)N1CC[C@@H]2C(C(=O)O)[C@@H]2C1)NC(=O)OCC1c2ccccc2-c2ccccc21. The number of carboxylic acid groups (broad SMARTS) is 1. The van der Waals surface area contributed by atoms with E-state index in [4.69, 9.17) is 4.74 Å². The van der Waals surface area contributed by atoms with Gasteiger partial charge in [-0.15, -0.1) is 0 Å². The predicted octanol–water partition coefficient (Wildman–Crippen LogP) is 4.26. The molecule has 0 aromatic heterocycles. The summed E-state index contributed by atoms with van der Waals surface area (Å²) in [7, 11) is 0. The average molecular weight is 477 g/mol. The molecule has 1 unspecified atom stereocenters. The molecule has 7 heteroatoms. The van der Waals surface area contributed by atoms with E-state index in [0.717, 1.165) is 24.0 Å². The van der Waals surface area contributed by atoms with Crippen LogP contribution in [0.3, 0.4) is 0 Å². The number of piperidine rings is 1. The van der Waals surface area contributed by atoms with Gasteiger partial charge in [-0.3, -0.25) is 9.59 Å². The Hall–Kier alpha value is -3.35. The van der Waals surface area contributed by atoms with E-state index in [2.05, 4.69) is 29.6 Å². The van der Waals surface area contributed by atoms with E-state index in [1.54, 1.807) is 4.90 Å². The van der Waals surface area contributed by atoms with Gasteiger partial charge in [0, 0.05) is 31.5 Å². The Labute approximate surface area is 205 Å². The van der Waals surface area contributed by atoms with E-state index in [1.165, 1.54) is 11.1 Å². The number of nitrogens with one attached hydrogen (secondary N) is 1. The summed E-state index contributed by atoms with van der Waals surface area (Å²) in [5, 5.41) is 12.2. The average Bonchev–Trinajstić information content (AvgIpc) is 3.50. The predicted molar refractivity (Wildman–Crippen MR) is 131 cm³/mol. The fourth-order valence-corrected chi connectivity index (χ4v) is 6.05. The van der Waals surface area contributed by atoms with Gasteiger partial charge in [-0.25, -0.2) is 4.79 Å². The molecule has 2 aromatic rings. The van der Waals surface area contributed by atoms with E-state index in [0.29, 0.717) is 19.5 Å². The highest BCUT2D eigenvalue weighted by Crippen LogP contribution is 2.51. The van der Waals surface area contributed by atoms with Crippen molar-refractivity contribution in [2.75, 3.05) is 19.7 Å². The fraction of sp³-hybridized carbons (Fsp3) is 0.464. The zero-order chi connectivity index (χ0) is 24.5. The first-order valence-corrected chi connectivity index (χ1v) is 12.6. The number of benzene rings is 2. The second kappa shape index (κ2) is 9.72. The molecule has 2 aromatic carbocycles. The van der Waals surface area contributed by atoms with Gasteiger partial charge >= 0.3 is 12.1 Å². The van der Waals surface area contributed by atoms with Crippen LogP contribution in [0.2, 0.25) is 0 Å². The summed E-state index contributed by atoms with van der Waals surface area (Å²) in [6, 6.07) is 16.1. The topological polar surface area (TPSA) is 95.9 Å². The Bertz CT molecular complexity index is 1090. The number of likely N-dealkylation sites (tertiary alicyclic amines) is 1. The summed E-state index contributed by atoms with van der Waals surface area (Å²) in [5.74, 6) is -0.821. The molecular weight excluding hydrogens is 444 g/mol. The minimum Gasteiger partial charge on any atom is -0.481 e. The van der Waals surface area contributed by atoms with Crippen LogP contribution in [0, 0.1) is 17.8 Å². The van der Waals surface area contributed by atoms with Crippen LogP contribution in [0.15, 0.2) is 48.5 Å². The van der Waals surface area contributed by atoms with E-state index in [-0.39, 0.29) is 48.6 Å². The van der Waals surface area contributed by atoms with Crippen LogP contribution in [-0.2, 0) is 14.3 Å². The first kappa shape index (κ1) is 23.4. The molecule has 0 radical (unpaired) electrons. The van der Waals surface area contributed by atoms with Gasteiger partial charge in [-0.1, -0.05) is 61.9 Å². The maximum Gasteiger partial charge on any atom is 0.407 e. The van der Waals surface area contributed by atoms with Crippen molar-refractivity contribution in [3.63, 3.8) is 0 Å². The molecule has 1 saturated carbocycles. The van der Waals surface area contributed by atoms with Crippen LogP contribution >= 0.6 is 0 Å². The third-order valence-electron chi connectivity index (χ3n) is 7.86. The molecule has 1 saturated heterocycles. The molecule has 2 N–H and O–H groups in total. The molecule has 35 heavy (non-hydrogen) atoms. The van der Waals surface area contributed by atoms with Gasteiger partial charge < -0.3 is 20.1 Å². The van der Waals surface area contributed by atoms with Gasteiger partial charge in [0.25, 0.3) is 0 Å². The van der Waals surface area contributed by atoms with Crippen molar-refractivity contribution in [2.24, 2.45) is 17.8 Å². The van der Waals surface area contributed by atoms with Crippen molar-refractivity contribution < 1.29 is 24.2 Å². The zero-order valence-electron chi connectivity index (χ0n) is 20.0.